The highest BCUT2D eigenvalue weighted by Crippen LogP contribution is 2.34. The van der Waals surface area contributed by atoms with Crippen molar-refractivity contribution >= 4 is 66.2 Å². The van der Waals surface area contributed by atoms with E-state index < -0.39 is 101 Å². The molecular weight excluding hydrogens is 736 g/mol. The SMILES string of the molecule is O=C1/C(=N/Nc2ccc([N+](=O)[O-])cc2)C(S(=O)(=O)O)=Cc2cc(S(=O)(=O)O)cc(N/N=c3\ccc(=O)/c(=N/Nc4cc([N+](=O)[O-])ccc4O)c3=O)c21. The summed E-state index contributed by atoms with van der Waals surface area (Å²) in [5, 5.41) is 41.8. The Kier molecular flexibility index (Phi) is 9.56. The van der Waals surface area contributed by atoms with Gasteiger partial charge >= 0.3 is 0 Å². The Morgan fingerprint density at radius 2 is 1.33 bits per heavy atom. The van der Waals surface area contributed by atoms with E-state index in [0.717, 1.165) is 42.5 Å². The van der Waals surface area contributed by atoms with Crippen molar-refractivity contribution in [3.8, 4) is 5.75 Å². The fourth-order valence-electron chi connectivity index (χ4n) is 4.46. The van der Waals surface area contributed by atoms with E-state index in [1.165, 1.54) is 12.1 Å². The van der Waals surface area contributed by atoms with Crippen molar-refractivity contribution in [1.82, 2.24) is 0 Å². The van der Waals surface area contributed by atoms with Gasteiger partial charge in [0.25, 0.3) is 31.6 Å². The number of fused-ring (bicyclic) bond motifs is 1. The van der Waals surface area contributed by atoms with Gasteiger partial charge in [-0.05, 0) is 54.1 Å². The highest BCUT2D eigenvalue weighted by molar-refractivity contribution is 7.91. The van der Waals surface area contributed by atoms with E-state index in [2.05, 4.69) is 31.6 Å². The number of nitrogens with zero attached hydrogens (tertiary/aromatic N) is 5. The smallest absolute Gasteiger partial charge is 0.296 e. The van der Waals surface area contributed by atoms with Crippen molar-refractivity contribution in [2.45, 2.75) is 4.90 Å². The molecule has 0 aliphatic heterocycles. The molecule has 0 saturated carbocycles. The van der Waals surface area contributed by atoms with Crippen molar-refractivity contribution in [2.24, 2.45) is 15.3 Å². The molecule has 22 nitrogen and oxygen atoms in total. The molecular formula is C28H18N8O14S2. The summed E-state index contributed by atoms with van der Waals surface area (Å²) < 4.78 is 68.4. The van der Waals surface area contributed by atoms with Crippen molar-refractivity contribution in [3.63, 3.8) is 0 Å². The first-order valence-electron chi connectivity index (χ1n) is 13.7. The van der Waals surface area contributed by atoms with Gasteiger partial charge < -0.3 is 5.11 Å². The molecule has 4 aromatic rings. The minimum absolute atomic E-state index is 0.0302. The number of aromatic hydroxyl groups is 1. The number of hydrogen-bond donors (Lipinski definition) is 6. The number of allylic oxidation sites excluding steroid dienone is 1. The number of ketones is 1. The van der Waals surface area contributed by atoms with Gasteiger partial charge in [-0.25, -0.2) is 0 Å². The number of nitrogens with one attached hydrogen (secondary N) is 3. The Balaban J connectivity index is 1.62. The third-order valence-corrected chi connectivity index (χ3v) is 8.60. The Labute approximate surface area is 287 Å². The molecule has 0 radical (unpaired) electrons. The van der Waals surface area contributed by atoms with Gasteiger partial charge in [0, 0.05) is 24.3 Å². The molecule has 1 aliphatic carbocycles. The molecule has 0 amide bonds. The maximum Gasteiger partial charge on any atom is 0.296 e. The third-order valence-electron chi connectivity index (χ3n) is 6.90. The molecule has 4 aromatic carbocycles. The van der Waals surface area contributed by atoms with E-state index in [1.54, 1.807) is 0 Å². The number of anilines is 3. The average Bonchev–Trinajstić information content (AvgIpc) is 3.07. The van der Waals surface area contributed by atoms with Crippen LogP contribution < -0.4 is 37.8 Å². The van der Waals surface area contributed by atoms with Crippen molar-refractivity contribution in [3.05, 3.63) is 134 Å². The van der Waals surface area contributed by atoms with Gasteiger partial charge in [0.2, 0.25) is 16.6 Å². The highest BCUT2D eigenvalue weighted by atomic mass is 32.2. The van der Waals surface area contributed by atoms with Crippen molar-refractivity contribution in [2.75, 3.05) is 16.3 Å². The Bertz CT molecular complexity index is 2740. The van der Waals surface area contributed by atoms with E-state index in [4.69, 9.17) is 0 Å². The zero-order valence-electron chi connectivity index (χ0n) is 25.3. The molecule has 52 heavy (non-hydrogen) atoms. The van der Waals surface area contributed by atoms with Gasteiger partial charge in [0.15, 0.2) is 11.1 Å². The summed E-state index contributed by atoms with van der Waals surface area (Å²) in [5.41, 5.74) is 0.984. The average molecular weight is 755 g/mol. The van der Waals surface area contributed by atoms with Gasteiger partial charge in [0.1, 0.15) is 21.7 Å². The van der Waals surface area contributed by atoms with Gasteiger partial charge in [-0.3, -0.25) is 60.0 Å². The first kappa shape index (κ1) is 36.3. The van der Waals surface area contributed by atoms with Crippen LogP contribution >= 0.6 is 0 Å². The summed E-state index contributed by atoms with van der Waals surface area (Å²) in [5.74, 6) is -1.80. The third kappa shape index (κ3) is 7.58. The Morgan fingerprint density at radius 3 is 1.94 bits per heavy atom. The molecule has 0 heterocycles. The standard InChI is InChI=1S/C28H18N8O14S2/c37-21-7-5-16(36(43)44)11-19(21)31-33-25-22(38)8-6-18(27(25)39)30-32-20-12-17(51(45,46)47)9-13-10-23(52(48,49)50)26(28(40)24(13)20)34-29-14-1-3-15(4-2-14)35(41)42/h1-12,29,31-32,37H,(H,45,46,47)(H,48,49,50)/b30-18+,33-25-,34-26+. The number of benzene rings is 4. The van der Waals surface area contributed by atoms with E-state index in [1.807, 2.05) is 0 Å². The fourth-order valence-corrected chi connectivity index (χ4v) is 5.66. The molecule has 0 spiro atoms. The van der Waals surface area contributed by atoms with E-state index in [9.17, 15) is 65.7 Å². The number of carbonyl (C=O) groups is 1. The number of phenolic OH excluding ortho intramolecular Hbond substituents is 1. The van der Waals surface area contributed by atoms with Crippen LogP contribution in [0.1, 0.15) is 15.9 Å². The van der Waals surface area contributed by atoms with Crippen LogP contribution in [0.2, 0.25) is 0 Å². The molecule has 266 valence electrons. The summed E-state index contributed by atoms with van der Waals surface area (Å²) in [6.45, 7) is 0. The summed E-state index contributed by atoms with van der Waals surface area (Å²) >= 11 is 0. The predicted octanol–water partition coefficient (Wildman–Crippen LogP) is 0.800. The number of Topliss-reactive ketones (excluding diaryl/α,β-unsaturated/α-hetero) is 1. The first-order valence-corrected chi connectivity index (χ1v) is 16.6. The Morgan fingerprint density at radius 1 is 0.692 bits per heavy atom. The van der Waals surface area contributed by atoms with Crippen LogP contribution in [0.5, 0.6) is 5.75 Å². The number of nitro benzene ring substituents is 2. The molecule has 0 aromatic heterocycles. The van der Waals surface area contributed by atoms with Crippen molar-refractivity contribution < 1.29 is 45.7 Å². The van der Waals surface area contributed by atoms with Crippen LogP contribution in [0.15, 0.2) is 101 Å². The van der Waals surface area contributed by atoms with E-state index in [-0.39, 0.29) is 17.1 Å². The second-order valence-corrected chi connectivity index (χ2v) is 13.1. The summed E-state index contributed by atoms with van der Waals surface area (Å²) in [6, 6.07) is 10.4. The maximum atomic E-state index is 13.8. The second-order valence-electron chi connectivity index (χ2n) is 10.3. The minimum Gasteiger partial charge on any atom is -0.506 e. The number of hydrazone groups is 1. The largest absolute Gasteiger partial charge is 0.506 e. The van der Waals surface area contributed by atoms with Gasteiger partial charge in [0.05, 0.1) is 31.7 Å². The topological polar surface area (TPSA) is 340 Å². The summed E-state index contributed by atoms with van der Waals surface area (Å²) in [4.78, 5) is 57.9. The quantitative estimate of drug-likeness (QED) is 0.0564. The molecule has 0 unspecified atom stereocenters. The molecule has 1 aliphatic rings. The number of carbonyl (C=O) groups excluding carboxylic acids is 1. The normalized spacial score (nSPS) is 14.5. The van der Waals surface area contributed by atoms with E-state index >= 15 is 0 Å². The molecule has 0 atom stereocenters. The lowest BCUT2D eigenvalue weighted by molar-refractivity contribution is -0.385. The summed E-state index contributed by atoms with van der Waals surface area (Å²) in [7, 11) is -10.3. The zero-order valence-corrected chi connectivity index (χ0v) is 26.9. The van der Waals surface area contributed by atoms with Crippen LogP contribution in [0.4, 0.5) is 28.4 Å². The van der Waals surface area contributed by atoms with Gasteiger partial charge in [-0.15, -0.1) is 0 Å². The number of nitro groups is 2. The van der Waals surface area contributed by atoms with E-state index in [0.29, 0.717) is 18.2 Å². The molecule has 6 N–H and O–H groups in total. The number of phenols is 1. The molecule has 5 rings (SSSR count). The fraction of sp³-hybridized carbons (Fsp3) is 0. The number of rotatable bonds is 10. The van der Waals surface area contributed by atoms with Gasteiger partial charge in [-0.2, -0.15) is 32.1 Å². The predicted molar refractivity (Wildman–Crippen MR) is 179 cm³/mol. The van der Waals surface area contributed by atoms with Crippen molar-refractivity contribution in [1.29, 1.82) is 0 Å². The monoisotopic (exact) mass is 754 g/mol. The molecule has 0 fully saturated rings. The molecule has 24 heteroatoms. The summed E-state index contributed by atoms with van der Waals surface area (Å²) in [6.07, 6.45) is 0.652. The van der Waals surface area contributed by atoms with Crippen LogP contribution in [-0.4, -0.2) is 52.4 Å². The van der Waals surface area contributed by atoms with Crippen LogP contribution in [-0.2, 0) is 20.2 Å². The lowest BCUT2D eigenvalue weighted by Gasteiger charge is -2.19. The minimum atomic E-state index is -5.25. The first-order chi connectivity index (χ1) is 24.3. The highest BCUT2D eigenvalue weighted by Gasteiger charge is 2.35. The number of non-ortho nitro benzene ring substituents is 2. The van der Waals surface area contributed by atoms with Crippen LogP contribution in [0, 0.1) is 20.2 Å². The maximum absolute atomic E-state index is 13.8. The lowest BCUT2D eigenvalue weighted by atomic mass is 9.93. The van der Waals surface area contributed by atoms with Crippen LogP contribution in [0.25, 0.3) is 6.08 Å². The zero-order chi connectivity index (χ0) is 38.1. The number of hydrogen-bond acceptors (Lipinski definition) is 18. The lowest BCUT2D eigenvalue weighted by Crippen LogP contribution is -2.48. The molecule has 0 saturated heterocycles. The second kappa shape index (κ2) is 13.7. The molecule has 0 bridgehead atoms. The van der Waals surface area contributed by atoms with Gasteiger partial charge in [-0.1, -0.05) is 0 Å². The van der Waals surface area contributed by atoms with Crippen LogP contribution in [0.3, 0.4) is 0 Å². The Hall–Kier alpha value is -7.02.